The van der Waals surface area contributed by atoms with Gasteiger partial charge in [-0.25, -0.2) is 0 Å². The second-order valence-electron chi connectivity index (χ2n) is 3.23. The van der Waals surface area contributed by atoms with Crippen molar-refractivity contribution in [3.63, 3.8) is 0 Å². The molecular weight excluding hydrogens is 152 g/mol. The molecular formula is C9H12N2O. The van der Waals surface area contributed by atoms with Gasteiger partial charge < -0.3 is 5.73 Å². The van der Waals surface area contributed by atoms with Crippen LogP contribution < -0.4 is 5.73 Å². The maximum atomic E-state index is 11.0. The van der Waals surface area contributed by atoms with Crippen LogP contribution in [0.1, 0.15) is 19.4 Å². The third-order valence-electron chi connectivity index (χ3n) is 2.02. The van der Waals surface area contributed by atoms with Crippen LogP contribution in [0.2, 0.25) is 0 Å². The maximum absolute atomic E-state index is 11.0. The monoisotopic (exact) mass is 164 g/mol. The Morgan fingerprint density at radius 1 is 1.42 bits per heavy atom. The lowest BCUT2D eigenvalue weighted by atomic mass is 9.85. The molecule has 0 unspecified atom stereocenters. The molecule has 0 saturated carbocycles. The zero-order chi connectivity index (χ0) is 9.19. The fourth-order valence-electron chi connectivity index (χ4n) is 0.911. The highest BCUT2D eigenvalue weighted by Crippen LogP contribution is 2.21. The van der Waals surface area contributed by atoms with Gasteiger partial charge in [0.05, 0.1) is 5.41 Å². The molecule has 0 fully saturated rings. The van der Waals surface area contributed by atoms with Crippen molar-refractivity contribution in [3.05, 3.63) is 30.1 Å². The number of aromatic nitrogens is 1. The third kappa shape index (κ3) is 1.44. The topological polar surface area (TPSA) is 56.0 Å². The zero-order valence-electron chi connectivity index (χ0n) is 7.24. The Hall–Kier alpha value is -1.38. The van der Waals surface area contributed by atoms with E-state index in [1.54, 1.807) is 38.4 Å². The van der Waals surface area contributed by atoms with E-state index in [0.717, 1.165) is 5.56 Å². The first-order valence-corrected chi connectivity index (χ1v) is 3.75. The van der Waals surface area contributed by atoms with E-state index in [-0.39, 0.29) is 5.91 Å². The minimum absolute atomic E-state index is 0.325. The summed E-state index contributed by atoms with van der Waals surface area (Å²) in [6.45, 7) is 3.59. The zero-order valence-corrected chi connectivity index (χ0v) is 7.24. The number of nitrogens with two attached hydrogens (primary N) is 1. The van der Waals surface area contributed by atoms with Crippen molar-refractivity contribution in [2.75, 3.05) is 0 Å². The lowest BCUT2D eigenvalue weighted by Crippen LogP contribution is -2.35. The van der Waals surface area contributed by atoms with E-state index in [4.69, 9.17) is 5.73 Å². The number of carbonyl (C=O) groups excluding carboxylic acids is 1. The van der Waals surface area contributed by atoms with Gasteiger partial charge in [0.25, 0.3) is 0 Å². The number of nitrogens with zero attached hydrogens (tertiary/aromatic N) is 1. The van der Waals surface area contributed by atoms with E-state index in [1.165, 1.54) is 0 Å². The lowest BCUT2D eigenvalue weighted by molar-refractivity contribution is -0.122. The number of hydrogen-bond donors (Lipinski definition) is 1. The van der Waals surface area contributed by atoms with Crippen LogP contribution in [0, 0.1) is 0 Å². The van der Waals surface area contributed by atoms with E-state index < -0.39 is 5.41 Å². The van der Waals surface area contributed by atoms with Crippen LogP contribution in [0.25, 0.3) is 0 Å². The molecule has 2 N–H and O–H groups in total. The van der Waals surface area contributed by atoms with Gasteiger partial charge in [-0.1, -0.05) is 0 Å². The smallest absolute Gasteiger partial charge is 0.227 e. The Kier molecular flexibility index (Phi) is 2.13. The van der Waals surface area contributed by atoms with Gasteiger partial charge >= 0.3 is 0 Å². The van der Waals surface area contributed by atoms with Crippen molar-refractivity contribution in [2.24, 2.45) is 5.73 Å². The number of pyridine rings is 1. The van der Waals surface area contributed by atoms with Crippen molar-refractivity contribution in [1.82, 2.24) is 4.98 Å². The molecule has 12 heavy (non-hydrogen) atoms. The molecule has 1 heterocycles. The predicted molar refractivity (Wildman–Crippen MR) is 46.5 cm³/mol. The molecule has 0 saturated heterocycles. The van der Waals surface area contributed by atoms with E-state index in [9.17, 15) is 4.79 Å². The number of primary amides is 1. The number of rotatable bonds is 2. The van der Waals surface area contributed by atoms with E-state index in [1.807, 2.05) is 0 Å². The van der Waals surface area contributed by atoms with Crippen molar-refractivity contribution in [1.29, 1.82) is 0 Å². The van der Waals surface area contributed by atoms with Crippen LogP contribution in [0.4, 0.5) is 0 Å². The predicted octanol–water partition coefficient (Wildman–Crippen LogP) is 0.845. The summed E-state index contributed by atoms with van der Waals surface area (Å²) in [7, 11) is 0. The summed E-state index contributed by atoms with van der Waals surface area (Å²) in [5.74, 6) is -0.325. The highest BCUT2D eigenvalue weighted by atomic mass is 16.1. The fraction of sp³-hybridized carbons (Fsp3) is 0.333. The molecule has 1 rings (SSSR count). The van der Waals surface area contributed by atoms with Crippen molar-refractivity contribution >= 4 is 5.91 Å². The van der Waals surface area contributed by atoms with Gasteiger partial charge in [0, 0.05) is 12.4 Å². The van der Waals surface area contributed by atoms with Crippen LogP contribution in [0.3, 0.4) is 0 Å². The molecule has 1 aromatic rings. The molecule has 64 valence electrons. The fourth-order valence-corrected chi connectivity index (χ4v) is 0.911. The van der Waals surface area contributed by atoms with Crippen molar-refractivity contribution in [3.8, 4) is 0 Å². The maximum Gasteiger partial charge on any atom is 0.227 e. The summed E-state index contributed by atoms with van der Waals surface area (Å²) in [5.41, 5.74) is 5.53. The van der Waals surface area contributed by atoms with Gasteiger partial charge in [0.1, 0.15) is 0 Å². The standard InChI is InChI=1S/C9H12N2O/c1-9(2,8(10)12)7-3-5-11-6-4-7/h3-6H,1-2H3,(H2,10,12). The summed E-state index contributed by atoms with van der Waals surface area (Å²) in [6.07, 6.45) is 3.31. The van der Waals surface area contributed by atoms with Gasteiger partial charge in [0.2, 0.25) is 5.91 Å². The number of hydrogen-bond acceptors (Lipinski definition) is 2. The third-order valence-corrected chi connectivity index (χ3v) is 2.02. The molecule has 0 aliphatic carbocycles. The van der Waals surface area contributed by atoms with E-state index >= 15 is 0 Å². The molecule has 0 spiro atoms. The Morgan fingerprint density at radius 2 is 1.92 bits per heavy atom. The normalized spacial score (nSPS) is 11.2. The molecule has 0 radical (unpaired) electrons. The van der Waals surface area contributed by atoms with Gasteiger partial charge in [0.15, 0.2) is 0 Å². The molecule has 3 heteroatoms. The van der Waals surface area contributed by atoms with Crippen molar-refractivity contribution < 1.29 is 4.79 Å². The summed E-state index contributed by atoms with van der Waals surface area (Å²) in [4.78, 5) is 14.9. The average molecular weight is 164 g/mol. The van der Waals surface area contributed by atoms with Gasteiger partial charge in [-0.3, -0.25) is 9.78 Å². The van der Waals surface area contributed by atoms with Crippen LogP contribution in [0.15, 0.2) is 24.5 Å². The Bertz CT molecular complexity index is 280. The molecule has 0 aromatic carbocycles. The molecule has 0 atom stereocenters. The number of carbonyl (C=O) groups is 1. The highest BCUT2D eigenvalue weighted by Gasteiger charge is 2.26. The minimum Gasteiger partial charge on any atom is -0.369 e. The quantitative estimate of drug-likeness (QED) is 0.704. The van der Waals surface area contributed by atoms with Crippen LogP contribution in [-0.2, 0) is 10.2 Å². The van der Waals surface area contributed by atoms with Crippen LogP contribution in [-0.4, -0.2) is 10.9 Å². The van der Waals surface area contributed by atoms with Crippen LogP contribution >= 0.6 is 0 Å². The summed E-state index contributed by atoms with van der Waals surface area (Å²) in [6, 6.07) is 3.59. The highest BCUT2D eigenvalue weighted by molar-refractivity contribution is 5.85. The number of amides is 1. The molecule has 0 aliphatic heterocycles. The van der Waals surface area contributed by atoms with Crippen molar-refractivity contribution in [2.45, 2.75) is 19.3 Å². The van der Waals surface area contributed by atoms with Gasteiger partial charge in [-0.2, -0.15) is 0 Å². The summed E-state index contributed by atoms with van der Waals surface area (Å²) in [5, 5.41) is 0. The first-order chi connectivity index (χ1) is 5.55. The van der Waals surface area contributed by atoms with E-state index in [0.29, 0.717) is 0 Å². The Morgan fingerprint density at radius 3 is 2.33 bits per heavy atom. The van der Waals surface area contributed by atoms with E-state index in [2.05, 4.69) is 4.98 Å². The first kappa shape index (κ1) is 8.71. The second kappa shape index (κ2) is 2.93. The van der Waals surface area contributed by atoms with Gasteiger partial charge in [-0.05, 0) is 31.5 Å². The SMILES string of the molecule is CC(C)(C(N)=O)c1ccncc1. The minimum atomic E-state index is -0.608. The largest absolute Gasteiger partial charge is 0.369 e. The second-order valence-corrected chi connectivity index (χ2v) is 3.23. The average Bonchev–Trinajstić information content (AvgIpc) is 2.06. The summed E-state index contributed by atoms with van der Waals surface area (Å²) >= 11 is 0. The first-order valence-electron chi connectivity index (χ1n) is 3.75. The summed E-state index contributed by atoms with van der Waals surface area (Å²) < 4.78 is 0. The van der Waals surface area contributed by atoms with Gasteiger partial charge in [-0.15, -0.1) is 0 Å². The molecule has 1 amide bonds. The molecule has 0 aliphatic rings. The molecule has 0 bridgehead atoms. The Balaban J connectivity index is 3.06. The molecule has 1 aromatic heterocycles. The van der Waals surface area contributed by atoms with Crippen LogP contribution in [0.5, 0.6) is 0 Å². The lowest BCUT2D eigenvalue weighted by Gasteiger charge is -2.20. The Labute approximate surface area is 71.6 Å². The molecule has 3 nitrogen and oxygen atoms in total.